The summed E-state index contributed by atoms with van der Waals surface area (Å²) in [5, 5.41) is 0. The van der Waals surface area contributed by atoms with Crippen LogP contribution in [0, 0.1) is 13.8 Å². The zero-order chi connectivity index (χ0) is 12.0. The van der Waals surface area contributed by atoms with Crippen molar-refractivity contribution in [2.45, 2.75) is 39.7 Å². The topological polar surface area (TPSA) is 35.2 Å². The number of hydrogen-bond donors (Lipinski definition) is 1. The third-order valence-corrected chi connectivity index (χ3v) is 2.97. The lowest BCUT2D eigenvalue weighted by molar-refractivity contribution is 0.127. The van der Waals surface area contributed by atoms with Gasteiger partial charge in [-0.2, -0.15) is 0 Å². The van der Waals surface area contributed by atoms with E-state index in [4.69, 9.17) is 10.5 Å². The Morgan fingerprint density at radius 3 is 2.69 bits per heavy atom. The molecule has 2 heteroatoms. The first kappa shape index (κ1) is 13.2. The van der Waals surface area contributed by atoms with Crippen LogP contribution in [0.25, 0.3) is 0 Å². The van der Waals surface area contributed by atoms with E-state index < -0.39 is 0 Å². The first-order chi connectivity index (χ1) is 7.66. The van der Waals surface area contributed by atoms with E-state index in [0.717, 1.165) is 26.1 Å². The van der Waals surface area contributed by atoms with E-state index in [1.807, 2.05) is 0 Å². The van der Waals surface area contributed by atoms with Crippen LogP contribution >= 0.6 is 0 Å². The molecule has 1 aromatic carbocycles. The zero-order valence-corrected chi connectivity index (χ0v) is 10.6. The average Bonchev–Trinajstić information content (AvgIpc) is 2.28. The smallest absolute Gasteiger partial charge is 0.0484 e. The van der Waals surface area contributed by atoms with Crippen molar-refractivity contribution in [3.05, 3.63) is 34.9 Å². The van der Waals surface area contributed by atoms with E-state index in [9.17, 15) is 0 Å². The number of rotatable bonds is 6. The van der Waals surface area contributed by atoms with Gasteiger partial charge in [-0.05, 0) is 43.4 Å². The van der Waals surface area contributed by atoms with Crippen LogP contribution in [-0.4, -0.2) is 13.2 Å². The molecule has 1 unspecified atom stereocenters. The van der Waals surface area contributed by atoms with Gasteiger partial charge in [0.1, 0.15) is 0 Å². The van der Waals surface area contributed by atoms with Crippen molar-refractivity contribution in [1.29, 1.82) is 0 Å². The quantitative estimate of drug-likeness (QED) is 0.749. The summed E-state index contributed by atoms with van der Waals surface area (Å²) < 4.78 is 5.47. The fourth-order valence-electron chi connectivity index (χ4n) is 1.79. The summed E-state index contributed by atoms with van der Waals surface area (Å²) in [5.74, 6) is 0. The molecule has 2 nitrogen and oxygen atoms in total. The molecule has 16 heavy (non-hydrogen) atoms. The van der Waals surface area contributed by atoms with Crippen molar-refractivity contribution < 1.29 is 4.74 Å². The molecule has 90 valence electrons. The summed E-state index contributed by atoms with van der Waals surface area (Å²) in [7, 11) is 0. The van der Waals surface area contributed by atoms with Crippen LogP contribution in [0.3, 0.4) is 0 Å². The molecule has 1 atom stereocenters. The second-order valence-corrected chi connectivity index (χ2v) is 4.30. The van der Waals surface area contributed by atoms with Gasteiger partial charge in [-0.15, -0.1) is 0 Å². The molecule has 0 saturated carbocycles. The van der Waals surface area contributed by atoms with Gasteiger partial charge in [0, 0.05) is 19.3 Å². The minimum Gasteiger partial charge on any atom is -0.381 e. The van der Waals surface area contributed by atoms with Gasteiger partial charge in [-0.25, -0.2) is 0 Å². The highest BCUT2D eigenvalue weighted by atomic mass is 16.5. The Balaban J connectivity index is 2.52. The van der Waals surface area contributed by atoms with Crippen LogP contribution in [0.4, 0.5) is 0 Å². The van der Waals surface area contributed by atoms with E-state index in [2.05, 4.69) is 39.0 Å². The van der Waals surface area contributed by atoms with Crippen molar-refractivity contribution in [2.24, 2.45) is 5.73 Å². The van der Waals surface area contributed by atoms with Gasteiger partial charge in [0.05, 0.1) is 0 Å². The lowest BCUT2D eigenvalue weighted by atomic mass is 9.96. The second kappa shape index (κ2) is 6.66. The zero-order valence-electron chi connectivity index (χ0n) is 10.6. The van der Waals surface area contributed by atoms with E-state index in [1.165, 1.54) is 16.7 Å². The van der Waals surface area contributed by atoms with Gasteiger partial charge in [0.25, 0.3) is 0 Å². The molecular weight excluding hydrogens is 198 g/mol. The standard InChI is InChI=1S/C14H23NO/c1-4-9-16-10-8-14(15)13-7-5-6-11(2)12(13)3/h5-7,14H,4,8-10,15H2,1-3H3. The lowest BCUT2D eigenvalue weighted by Crippen LogP contribution is -2.15. The molecule has 1 rings (SSSR count). The largest absolute Gasteiger partial charge is 0.381 e. The Labute approximate surface area is 98.8 Å². The van der Waals surface area contributed by atoms with Gasteiger partial charge < -0.3 is 10.5 Å². The van der Waals surface area contributed by atoms with Crippen LogP contribution in [0.5, 0.6) is 0 Å². The Bertz CT molecular complexity index is 323. The maximum atomic E-state index is 6.17. The monoisotopic (exact) mass is 221 g/mol. The Hall–Kier alpha value is -0.860. The highest BCUT2D eigenvalue weighted by Gasteiger charge is 2.09. The van der Waals surface area contributed by atoms with Crippen LogP contribution < -0.4 is 5.73 Å². The number of ether oxygens (including phenoxy) is 1. The lowest BCUT2D eigenvalue weighted by Gasteiger charge is -2.16. The first-order valence-electron chi connectivity index (χ1n) is 6.06. The number of nitrogens with two attached hydrogens (primary N) is 1. The summed E-state index contributed by atoms with van der Waals surface area (Å²) in [6.07, 6.45) is 1.96. The van der Waals surface area contributed by atoms with Crippen LogP contribution in [0.1, 0.15) is 42.5 Å². The highest BCUT2D eigenvalue weighted by Crippen LogP contribution is 2.20. The molecule has 0 spiro atoms. The molecule has 0 aliphatic carbocycles. The predicted molar refractivity (Wildman–Crippen MR) is 68.6 cm³/mol. The van der Waals surface area contributed by atoms with Crippen LogP contribution in [0.2, 0.25) is 0 Å². The summed E-state index contributed by atoms with van der Waals surface area (Å²) in [6, 6.07) is 6.41. The second-order valence-electron chi connectivity index (χ2n) is 4.30. The summed E-state index contributed by atoms with van der Waals surface area (Å²) in [4.78, 5) is 0. The molecule has 0 radical (unpaired) electrons. The third kappa shape index (κ3) is 3.62. The maximum absolute atomic E-state index is 6.17. The van der Waals surface area contributed by atoms with E-state index in [0.29, 0.717) is 0 Å². The maximum Gasteiger partial charge on any atom is 0.0484 e. The van der Waals surface area contributed by atoms with E-state index in [-0.39, 0.29) is 6.04 Å². The van der Waals surface area contributed by atoms with Crippen LogP contribution in [0.15, 0.2) is 18.2 Å². The van der Waals surface area contributed by atoms with E-state index >= 15 is 0 Å². The number of hydrogen-bond acceptors (Lipinski definition) is 2. The molecular formula is C14H23NO. The van der Waals surface area contributed by atoms with Gasteiger partial charge >= 0.3 is 0 Å². The van der Waals surface area contributed by atoms with Gasteiger partial charge in [0.2, 0.25) is 0 Å². The van der Waals surface area contributed by atoms with E-state index in [1.54, 1.807) is 0 Å². The van der Waals surface area contributed by atoms with Crippen LogP contribution in [-0.2, 0) is 4.74 Å². The average molecular weight is 221 g/mol. The Kier molecular flexibility index (Phi) is 5.50. The summed E-state index contributed by atoms with van der Waals surface area (Å²) in [5.41, 5.74) is 10.0. The number of aryl methyl sites for hydroxylation is 1. The molecule has 2 N–H and O–H groups in total. The van der Waals surface area contributed by atoms with Crippen molar-refractivity contribution in [3.8, 4) is 0 Å². The summed E-state index contributed by atoms with van der Waals surface area (Å²) >= 11 is 0. The molecule has 0 aliphatic heterocycles. The predicted octanol–water partition coefficient (Wildman–Crippen LogP) is 3.12. The van der Waals surface area contributed by atoms with Crippen molar-refractivity contribution in [3.63, 3.8) is 0 Å². The minimum absolute atomic E-state index is 0.0942. The van der Waals surface area contributed by atoms with Gasteiger partial charge in [-0.1, -0.05) is 25.1 Å². The highest BCUT2D eigenvalue weighted by molar-refractivity contribution is 5.35. The SMILES string of the molecule is CCCOCCC(N)c1cccc(C)c1C. The minimum atomic E-state index is 0.0942. The van der Waals surface area contributed by atoms with Crippen molar-refractivity contribution in [2.75, 3.05) is 13.2 Å². The van der Waals surface area contributed by atoms with Crippen molar-refractivity contribution in [1.82, 2.24) is 0 Å². The first-order valence-corrected chi connectivity index (χ1v) is 6.06. The number of benzene rings is 1. The van der Waals surface area contributed by atoms with Crippen molar-refractivity contribution >= 4 is 0 Å². The Morgan fingerprint density at radius 1 is 1.25 bits per heavy atom. The molecule has 0 fully saturated rings. The molecule has 0 aromatic heterocycles. The van der Waals surface area contributed by atoms with Gasteiger partial charge in [-0.3, -0.25) is 0 Å². The summed E-state index contributed by atoms with van der Waals surface area (Å²) in [6.45, 7) is 7.96. The molecule has 0 amide bonds. The molecule has 0 aliphatic rings. The van der Waals surface area contributed by atoms with Gasteiger partial charge in [0.15, 0.2) is 0 Å². The molecule has 0 bridgehead atoms. The normalized spacial score (nSPS) is 12.8. The fourth-order valence-corrected chi connectivity index (χ4v) is 1.79. The fraction of sp³-hybridized carbons (Fsp3) is 0.571. The Morgan fingerprint density at radius 2 is 2.00 bits per heavy atom. The molecule has 0 saturated heterocycles. The molecule has 0 heterocycles. The molecule has 1 aromatic rings. The third-order valence-electron chi connectivity index (χ3n) is 2.97.